The second-order valence-corrected chi connectivity index (χ2v) is 6.77. The van der Waals surface area contributed by atoms with Crippen LogP contribution in [0.15, 0.2) is 30.5 Å². The minimum absolute atomic E-state index is 0.257. The Labute approximate surface area is 147 Å². The van der Waals surface area contributed by atoms with E-state index in [0.29, 0.717) is 24.5 Å². The molecular weight excluding hydrogens is 318 g/mol. The molecule has 6 heteroatoms. The molecule has 1 fully saturated rings. The Bertz CT molecular complexity index is 760. The van der Waals surface area contributed by atoms with Gasteiger partial charge in [-0.15, -0.1) is 0 Å². The molecule has 0 bridgehead atoms. The van der Waals surface area contributed by atoms with Gasteiger partial charge < -0.3 is 19.9 Å². The van der Waals surface area contributed by atoms with Crippen molar-refractivity contribution in [1.82, 2.24) is 9.47 Å². The van der Waals surface area contributed by atoms with E-state index in [-0.39, 0.29) is 11.9 Å². The first-order valence-electron chi connectivity index (χ1n) is 8.76. The van der Waals surface area contributed by atoms with Gasteiger partial charge in [0.25, 0.3) is 0 Å². The van der Waals surface area contributed by atoms with Crippen LogP contribution in [0.2, 0.25) is 0 Å². The summed E-state index contributed by atoms with van der Waals surface area (Å²) >= 11 is 0. The fourth-order valence-corrected chi connectivity index (χ4v) is 3.42. The third-order valence-corrected chi connectivity index (χ3v) is 4.95. The number of piperidine rings is 1. The number of likely N-dealkylation sites (tertiary alicyclic amines) is 1. The molecule has 1 aliphatic heterocycles. The van der Waals surface area contributed by atoms with Gasteiger partial charge in [-0.2, -0.15) is 0 Å². The highest BCUT2D eigenvalue weighted by Crippen LogP contribution is 2.22. The number of hydrogen-bond donors (Lipinski definition) is 1. The zero-order valence-corrected chi connectivity index (χ0v) is 14.6. The Morgan fingerprint density at radius 1 is 1.24 bits per heavy atom. The van der Waals surface area contributed by atoms with Crippen molar-refractivity contribution in [3.63, 3.8) is 0 Å². The van der Waals surface area contributed by atoms with E-state index < -0.39 is 0 Å². The van der Waals surface area contributed by atoms with Crippen LogP contribution >= 0.6 is 0 Å². The summed E-state index contributed by atoms with van der Waals surface area (Å²) in [6.07, 6.45) is 4.18. The number of rotatable bonds is 6. The van der Waals surface area contributed by atoms with E-state index in [9.17, 15) is 9.59 Å². The Balaban J connectivity index is 1.51. The van der Waals surface area contributed by atoms with Gasteiger partial charge in [0.1, 0.15) is 0 Å². The molecule has 25 heavy (non-hydrogen) atoms. The summed E-state index contributed by atoms with van der Waals surface area (Å²) < 4.78 is 7.53. The normalized spacial score (nSPS) is 16.2. The maximum atomic E-state index is 12.5. The number of esters is 1. The fraction of sp³-hybridized carbons (Fsp3) is 0.474. The Morgan fingerprint density at radius 2 is 1.96 bits per heavy atom. The van der Waals surface area contributed by atoms with E-state index in [2.05, 4.69) is 4.90 Å². The average Bonchev–Trinajstić information content (AvgIpc) is 2.96. The maximum Gasteiger partial charge on any atom is 0.340 e. The van der Waals surface area contributed by atoms with E-state index in [0.717, 1.165) is 43.4 Å². The first-order valence-corrected chi connectivity index (χ1v) is 8.76. The van der Waals surface area contributed by atoms with Gasteiger partial charge in [0, 0.05) is 37.1 Å². The number of fused-ring (bicyclic) bond motifs is 1. The molecule has 1 aliphatic rings. The van der Waals surface area contributed by atoms with Gasteiger partial charge in [-0.3, -0.25) is 4.79 Å². The third kappa shape index (κ3) is 4.20. The van der Waals surface area contributed by atoms with Crippen molar-refractivity contribution in [3.05, 3.63) is 36.0 Å². The van der Waals surface area contributed by atoms with Gasteiger partial charge >= 0.3 is 5.97 Å². The van der Waals surface area contributed by atoms with Gasteiger partial charge in [0.05, 0.1) is 12.2 Å². The lowest BCUT2D eigenvalue weighted by Gasteiger charge is -2.31. The molecule has 0 aliphatic carbocycles. The molecule has 0 saturated carbocycles. The van der Waals surface area contributed by atoms with E-state index in [1.165, 1.54) is 0 Å². The highest BCUT2D eigenvalue weighted by atomic mass is 16.5. The van der Waals surface area contributed by atoms with Crippen LogP contribution in [0, 0.1) is 5.92 Å². The van der Waals surface area contributed by atoms with Crippen molar-refractivity contribution in [1.29, 1.82) is 0 Å². The minimum atomic E-state index is -0.258. The first-order chi connectivity index (χ1) is 12.0. The van der Waals surface area contributed by atoms with E-state index in [1.54, 1.807) is 0 Å². The Kier molecular flexibility index (Phi) is 5.38. The largest absolute Gasteiger partial charge is 0.462 e. The Morgan fingerprint density at radius 3 is 2.68 bits per heavy atom. The molecule has 1 aromatic heterocycles. The van der Waals surface area contributed by atoms with Crippen LogP contribution in [-0.4, -0.2) is 47.6 Å². The zero-order chi connectivity index (χ0) is 17.8. The number of carbonyl (C=O) groups excluding carboxylic acids is 2. The molecule has 2 N–H and O–H groups in total. The summed E-state index contributed by atoms with van der Waals surface area (Å²) in [6.45, 7) is 3.01. The third-order valence-electron chi connectivity index (χ3n) is 4.95. The molecule has 6 nitrogen and oxygen atoms in total. The van der Waals surface area contributed by atoms with Gasteiger partial charge in [-0.1, -0.05) is 18.2 Å². The molecule has 0 radical (unpaired) electrons. The monoisotopic (exact) mass is 343 g/mol. The first kappa shape index (κ1) is 17.5. The minimum Gasteiger partial charge on any atom is -0.462 e. The van der Waals surface area contributed by atoms with Crippen molar-refractivity contribution in [2.75, 3.05) is 26.2 Å². The molecule has 0 atom stereocenters. The quantitative estimate of drug-likeness (QED) is 0.813. The van der Waals surface area contributed by atoms with Crippen LogP contribution in [0.4, 0.5) is 0 Å². The average molecular weight is 343 g/mol. The summed E-state index contributed by atoms with van der Waals surface area (Å²) in [7, 11) is 1.93. The standard InChI is InChI=1S/C19H25N3O3/c1-21-12-16(15-4-2-3-5-17(15)21)19(24)25-13-14-6-9-22(10-7-14)11-8-18(20)23/h2-5,12,14H,6-11,13H2,1H3,(H2,20,23). The lowest BCUT2D eigenvalue weighted by Crippen LogP contribution is -2.37. The molecule has 1 amide bonds. The lowest BCUT2D eigenvalue weighted by molar-refractivity contribution is -0.118. The van der Waals surface area contributed by atoms with Crippen molar-refractivity contribution in [2.24, 2.45) is 18.7 Å². The number of hydrogen-bond acceptors (Lipinski definition) is 4. The highest BCUT2D eigenvalue weighted by molar-refractivity contribution is 6.04. The number of amides is 1. The van der Waals surface area contributed by atoms with Crippen LogP contribution in [0.5, 0.6) is 0 Å². The molecule has 3 rings (SSSR count). The molecule has 2 aromatic rings. The van der Waals surface area contributed by atoms with Crippen molar-refractivity contribution in [2.45, 2.75) is 19.3 Å². The predicted octanol–water partition coefficient (Wildman–Crippen LogP) is 1.92. The van der Waals surface area contributed by atoms with E-state index in [1.807, 2.05) is 42.1 Å². The number of nitrogens with zero attached hydrogens (tertiary/aromatic N) is 2. The van der Waals surface area contributed by atoms with Crippen LogP contribution in [0.3, 0.4) is 0 Å². The number of nitrogens with two attached hydrogens (primary N) is 1. The predicted molar refractivity (Wildman–Crippen MR) is 96.2 cm³/mol. The number of primary amides is 1. The second kappa shape index (κ2) is 7.70. The summed E-state index contributed by atoms with van der Waals surface area (Å²) in [4.78, 5) is 25.6. The summed E-state index contributed by atoms with van der Waals surface area (Å²) in [5.74, 6) is -0.136. The molecule has 2 heterocycles. The van der Waals surface area contributed by atoms with E-state index in [4.69, 9.17) is 10.5 Å². The van der Waals surface area contributed by atoms with Gasteiger partial charge in [-0.25, -0.2) is 4.79 Å². The van der Waals surface area contributed by atoms with Gasteiger partial charge in [-0.05, 0) is 37.9 Å². The molecular formula is C19H25N3O3. The smallest absolute Gasteiger partial charge is 0.340 e. The number of ether oxygens (including phenoxy) is 1. The van der Waals surface area contributed by atoms with E-state index >= 15 is 0 Å². The number of benzene rings is 1. The zero-order valence-electron chi connectivity index (χ0n) is 14.6. The number of carbonyl (C=O) groups is 2. The molecule has 1 aromatic carbocycles. The number of aryl methyl sites for hydroxylation is 1. The molecule has 0 unspecified atom stereocenters. The van der Waals surface area contributed by atoms with Crippen molar-refractivity contribution < 1.29 is 14.3 Å². The van der Waals surface area contributed by atoms with Crippen LogP contribution in [0.1, 0.15) is 29.6 Å². The van der Waals surface area contributed by atoms with Crippen LogP contribution in [-0.2, 0) is 16.6 Å². The maximum absolute atomic E-state index is 12.5. The second-order valence-electron chi connectivity index (χ2n) is 6.77. The van der Waals surface area contributed by atoms with Crippen molar-refractivity contribution in [3.8, 4) is 0 Å². The van der Waals surface area contributed by atoms with Crippen molar-refractivity contribution >= 4 is 22.8 Å². The van der Waals surface area contributed by atoms with Crippen LogP contribution < -0.4 is 5.73 Å². The number of para-hydroxylation sites is 1. The highest BCUT2D eigenvalue weighted by Gasteiger charge is 2.22. The SMILES string of the molecule is Cn1cc(C(=O)OCC2CCN(CCC(N)=O)CC2)c2ccccc21. The molecule has 134 valence electrons. The number of aromatic nitrogens is 1. The van der Waals surface area contributed by atoms with Gasteiger partial charge in [0.15, 0.2) is 0 Å². The lowest BCUT2D eigenvalue weighted by atomic mass is 9.97. The Hall–Kier alpha value is -2.34. The summed E-state index contributed by atoms with van der Waals surface area (Å²) in [5.41, 5.74) is 6.84. The topological polar surface area (TPSA) is 77.6 Å². The summed E-state index contributed by atoms with van der Waals surface area (Å²) in [6, 6.07) is 7.83. The fourth-order valence-electron chi connectivity index (χ4n) is 3.42. The van der Waals surface area contributed by atoms with Gasteiger partial charge in [0.2, 0.25) is 5.91 Å². The molecule has 0 spiro atoms. The summed E-state index contributed by atoms with van der Waals surface area (Å²) in [5, 5.41) is 0.927. The van der Waals surface area contributed by atoms with Crippen LogP contribution in [0.25, 0.3) is 10.9 Å². The molecule has 1 saturated heterocycles.